The molecule has 0 amide bonds. The normalized spacial score (nSPS) is 10.4. The van der Waals surface area contributed by atoms with Crippen molar-refractivity contribution >= 4 is 5.69 Å². The second kappa shape index (κ2) is 1.70. The highest BCUT2D eigenvalue weighted by molar-refractivity contribution is 5.71. The number of rotatable bonds is 0. The van der Waals surface area contributed by atoms with Crippen molar-refractivity contribution in [3.8, 4) is 11.3 Å². The maximum absolute atomic E-state index is 5.53. The van der Waals surface area contributed by atoms with Gasteiger partial charge in [-0.15, -0.1) is 5.10 Å². The monoisotopic (exact) mass is 135 g/mol. The molecule has 0 saturated heterocycles. The van der Waals surface area contributed by atoms with Gasteiger partial charge in [0.2, 0.25) is 0 Å². The van der Waals surface area contributed by atoms with Crippen molar-refractivity contribution in [3.05, 3.63) is 18.7 Å². The van der Waals surface area contributed by atoms with Crippen molar-refractivity contribution in [2.45, 2.75) is 0 Å². The van der Waals surface area contributed by atoms with Gasteiger partial charge in [0.25, 0.3) is 0 Å². The summed E-state index contributed by atoms with van der Waals surface area (Å²) in [5.74, 6) is 0. The van der Waals surface area contributed by atoms with E-state index < -0.39 is 0 Å². The Labute approximate surface area is 57.0 Å². The van der Waals surface area contributed by atoms with Crippen LogP contribution in [-0.2, 0) is 0 Å². The van der Waals surface area contributed by atoms with E-state index in [2.05, 4.69) is 10.2 Å². The van der Waals surface area contributed by atoms with Crippen molar-refractivity contribution in [1.29, 1.82) is 0 Å². The largest absolute Gasteiger partial charge is 0.468 e. The maximum Gasteiger partial charge on any atom is 0.132 e. The number of hydrogen-bond donors (Lipinski definition) is 1. The SMILES string of the molecule is Nc1cocc2nncc1-2. The average Bonchev–Trinajstić information content (AvgIpc) is 2.36. The molecule has 2 rings (SSSR count). The second-order valence-electron chi connectivity index (χ2n) is 1.97. The Morgan fingerprint density at radius 1 is 1.40 bits per heavy atom. The fourth-order valence-electron chi connectivity index (χ4n) is 0.814. The number of anilines is 1. The number of hydrogen-bond acceptors (Lipinski definition) is 4. The molecule has 4 nitrogen and oxygen atoms in total. The lowest BCUT2D eigenvalue weighted by Crippen LogP contribution is -1.87. The number of nitrogens with zero attached hydrogens (tertiary/aromatic N) is 2. The molecular formula is C6H5N3O. The van der Waals surface area contributed by atoms with Crippen LogP contribution in [0.2, 0.25) is 0 Å². The molecule has 10 heavy (non-hydrogen) atoms. The molecule has 2 heterocycles. The minimum absolute atomic E-state index is 0.572. The molecule has 0 unspecified atom stereocenters. The third kappa shape index (κ3) is 0.556. The summed E-state index contributed by atoms with van der Waals surface area (Å²) in [7, 11) is 0. The van der Waals surface area contributed by atoms with Crippen LogP contribution in [0.25, 0.3) is 11.3 Å². The van der Waals surface area contributed by atoms with Crippen LogP contribution in [0, 0.1) is 0 Å². The molecule has 0 radical (unpaired) electrons. The number of fused-ring (bicyclic) bond motifs is 1. The first-order valence-corrected chi connectivity index (χ1v) is 2.81. The van der Waals surface area contributed by atoms with E-state index in [1.54, 1.807) is 6.20 Å². The van der Waals surface area contributed by atoms with Crippen LogP contribution < -0.4 is 5.73 Å². The first-order chi connectivity index (χ1) is 4.88. The molecule has 50 valence electrons. The summed E-state index contributed by atoms with van der Waals surface area (Å²) >= 11 is 0. The van der Waals surface area contributed by atoms with Gasteiger partial charge in [-0.05, 0) is 0 Å². The summed E-state index contributed by atoms with van der Waals surface area (Å²) in [6.45, 7) is 0. The van der Waals surface area contributed by atoms with E-state index in [-0.39, 0.29) is 0 Å². The lowest BCUT2D eigenvalue weighted by atomic mass is 10.2. The van der Waals surface area contributed by atoms with Crippen LogP contribution in [0.1, 0.15) is 0 Å². The summed E-state index contributed by atoms with van der Waals surface area (Å²) in [6.07, 6.45) is 4.59. The molecule has 0 bridgehead atoms. The Bertz CT molecular complexity index is 317. The highest BCUT2D eigenvalue weighted by atomic mass is 16.3. The fraction of sp³-hybridized carbons (Fsp3) is 0. The summed E-state index contributed by atoms with van der Waals surface area (Å²) < 4.78 is 4.85. The standard InChI is InChI=1S/C6H5N3O/c7-5-2-10-3-6-4(5)1-8-9-6/h1-3H,7H2. The highest BCUT2D eigenvalue weighted by Gasteiger charge is 2.07. The van der Waals surface area contributed by atoms with Gasteiger partial charge in [-0.2, -0.15) is 5.10 Å². The minimum Gasteiger partial charge on any atom is -0.468 e. The van der Waals surface area contributed by atoms with Crippen LogP contribution in [0.4, 0.5) is 5.69 Å². The molecule has 0 aliphatic carbocycles. The molecule has 2 N–H and O–H groups in total. The van der Waals surface area contributed by atoms with E-state index in [1.807, 2.05) is 0 Å². The Morgan fingerprint density at radius 2 is 2.30 bits per heavy atom. The van der Waals surface area contributed by atoms with Crippen LogP contribution in [0.3, 0.4) is 0 Å². The van der Waals surface area contributed by atoms with Gasteiger partial charge in [-0.25, -0.2) is 0 Å². The molecule has 0 aromatic rings. The number of nitrogen functional groups attached to an aromatic ring is 1. The van der Waals surface area contributed by atoms with Crippen LogP contribution >= 0.6 is 0 Å². The van der Waals surface area contributed by atoms with Crippen LogP contribution in [0.5, 0.6) is 0 Å². The van der Waals surface area contributed by atoms with Crippen molar-refractivity contribution in [2.24, 2.45) is 0 Å². The van der Waals surface area contributed by atoms with E-state index in [9.17, 15) is 0 Å². The van der Waals surface area contributed by atoms with Crippen molar-refractivity contribution in [3.63, 3.8) is 0 Å². The Kier molecular flexibility index (Phi) is 0.887. The van der Waals surface area contributed by atoms with Gasteiger partial charge in [-0.1, -0.05) is 0 Å². The molecule has 0 saturated carbocycles. The summed E-state index contributed by atoms with van der Waals surface area (Å²) in [4.78, 5) is 0. The lowest BCUT2D eigenvalue weighted by Gasteiger charge is -1.95. The predicted octanol–water partition coefficient (Wildman–Crippen LogP) is 0.757. The quantitative estimate of drug-likeness (QED) is 0.579. The third-order valence-electron chi connectivity index (χ3n) is 1.31. The topological polar surface area (TPSA) is 64.9 Å². The van der Waals surface area contributed by atoms with Gasteiger partial charge in [-0.3, -0.25) is 0 Å². The number of nitrogens with two attached hydrogens (primary N) is 1. The minimum atomic E-state index is 0.572. The van der Waals surface area contributed by atoms with E-state index in [0.29, 0.717) is 11.4 Å². The first-order valence-electron chi connectivity index (χ1n) is 2.81. The molecule has 0 atom stereocenters. The second-order valence-corrected chi connectivity index (χ2v) is 1.97. The fourth-order valence-corrected chi connectivity index (χ4v) is 0.814. The summed E-state index contributed by atoms with van der Waals surface area (Å²) in [6, 6.07) is 0. The van der Waals surface area contributed by atoms with Crippen LogP contribution in [0.15, 0.2) is 23.1 Å². The molecule has 2 aliphatic heterocycles. The molecule has 4 heteroatoms. The Balaban J connectivity index is 2.80. The Morgan fingerprint density at radius 3 is 3.10 bits per heavy atom. The predicted molar refractivity (Wildman–Crippen MR) is 35.3 cm³/mol. The molecular weight excluding hydrogens is 130 g/mol. The van der Waals surface area contributed by atoms with Gasteiger partial charge in [0, 0.05) is 0 Å². The lowest BCUT2D eigenvalue weighted by molar-refractivity contribution is 0.552. The summed E-state index contributed by atoms with van der Waals surface area (Å²) in [5.41, 5.74) is 7.63. The van der Waals surface area contributed by atoms with Crippen molar-refractivity contribution < 1.29 is 4.42 Å². The zero-order chi connectivity index (χ0) is 6.97. The van der Waals surface area contributed by atoms with Gasteiger partial charge >= 0.3 is 0 Å². The zero-order valence-corrected chi connectivity index (χ0v) is 5.11. The van der Waals surface area contributed by atoms with Gasteiger partial charge in [0.15, 0.2) is 0 Å². The van der Waals surface area contributed by atoms with Crippen LogP contribution in [-0.4, -0.2) is 10.2 Å². The Hall–Kier alpha value is -1.58. The van der Waals surface area contributed by atoms with Crippen molar-refractivity contribution in [2.75, 3.05) is 5.73 Å². The molecule has 0 fully saturated rings. The van der Waals surface area contributed by atoms with Crippen molar-refractivity contribution in [1.82, 2.24) is 10.2 Å². The molecule has 0 aromatic carbocycles. The zero-order valence-electron chi connectivity index (χ0n) is 5.11. The number of aromatic nitrogens is 2. The van der Waals surface area contributed by atoms with E-state index >= 15 is 0 Å². The van der Waals surface area contributed by atoms with E-state index in [1.165, 1.54) is 12.5 Å². The van der Waals surface area contributed by atoms with E-state index in [0.717, 1.165) is 5.56 Å². The van der Waals surface area contributed by atoms with Gasteiger partial charge in [0.05, 0.1) is 17.4 Å². The molecule has 2 aliphatic rings. The van der Waals surface area contributed by atoms with E-state index in [4.69, 9.17) is 10.2 Å². The smallest absolute Gasteiger partial charge is 0.132 e. The highest BCUT2D eigenvalue weighted by Crippen LogP contribution is 2.23. The molecule has 0 aromatic heterocycles. The average molecular weight is 135 g/mol. The van der Waals surface area contributed by atoms with Gasteiger partial charge in [0.1, 0.15) is 18.2 Å². The van der Waals surface area contributed by atoms with Gasteiger partial charge < -0.3 is 10.2 Å². The third-order valence-corrected chi connectivity index (χ3v) is 1.31. The first kappa shape index (κ1) is 5.22. The molecule has 0 spiro atoms. The summed E-state index contributed by atoms with van der Waals surface area (Å²) in [5, 5.41) is 7.43. The maximum atomic E-state index is 5.53.